The van der Waals surface area contributed by atoms with Gasteiger partial charge in [0.2, 0.25) is 17.7 Å². The van der Waals surface area contributed by atoms with Crippen molar-refractivity contribution >= 4 is 68.9 Å². The quantitative estimate of drug-likeness (QED) is 0.176. The number of aromatic nitrogens is 2. The summed E-state index contributed by atoms with van der Waals surface area (Å²) in [4.78, 5) is 73.6. The van der Waals surface area contributed by atoms with E-state index < -0.39 is 5.82 Å². The van der Waals surface area contributed by atoms with E-state index in [4.69, 9.17) is 16.6 Å². The Morgan fingerprint density at radius 2 is 1.52 bits per heavy atom. The number of nitrogens with one attached hydrogen (secondary N) is 2. The number of carbonyl (C=O) groups is 4. The molecule has 9 rings (SSSR count). The van der Waals surface area contributed by atoms with Crippen LogP contribution in [0.3, 0.4) is 0 Å². The maximum atomic E-state index is 14.6. The molecule has 0 spiro atoms. The molecule has 17 heteroatoms. The zero-order valence-electron chi connectivity index (χ0n) is 36.1. The molecule has 5 fully saturated rings. The van der Waals surface area contributed by atoms with E-state index in [9.17, 15) is 23.6 Å². The van der Waals surface area contributed by atoms with E-state index >= 15 is 0 Å². The van der Waals surface area contributed by atoms with Gasteiger partial charge in [-0.15, -0.1) is 11.3 Å². The molecule has 0 radical (unpaired) electrons. The molecule has 1 atom stereocenters. The maximum Gasteiger partial charge on any atom is 0.256 e. The zero-order chi connectivity index (χ0) is 44.2. The second-order valence-electron chi connectivity index (χ2n) is 17.7. The molecule has 5 saturated heterocycles. The molecule has 0 unspecified atom stereocenters. The van der Waals surface area contributed by atoms with Crippen molar-refractivity contribution < 1.29 is 23.6 Å². The highest BCUT2D eigenvalue weighted by atomic mass is 35.5. The maximum absolute atomic E-state index is 14.6. The van der Waals surface area contributed by atoms with Crippen LogP contribution in [0.15, 0.2) is 66.2 Å². The summed E-state index contributed by atoms with van der Waals surface area (Å²) in [6, 6.07) is 17.0. The Bertz CT molecular complexity index is 2290. The summed E-state index contributed by atoms with van der Waals surface area (Å²) in [5, 5.41) is 8.46. The smallest absolute Gasteiger partial charge is 0.256 e. The summed E-state index contributed by atoms with van der Waals surface area (Å²) in [5.74, 6) is 0.0268. The van der Waals surface area contributed by atoms with Crippen molar-refractivity contribution in [1.29, 1.82) is 0 Å². The van der Waals surface area contributed by atoms with Crippen molar-refractivity contribution in [3.63, 3.8) is 0 Å². The second-order valence-corrected chi connectivity index (χ2v) is 19.0. The lowest BCUT2D eigenvalue weighted by molar-refractivity contribution is -0.137. The zero-order valence-corrected chi connectivity index (χ0v) is 37.7. The summed E-state index contributed by atoms with van der Waals surface area (Å²) in [7, 11) is 0. The van der Waals surface area contributed by atoms with E-state index in [2.05, 4.69) is 64.4 Å². The first kappa shape index (κ1) is 44.1. The summed E-state index contributed by atoms with van der Waals surface area (Å²) >= 11 is 7.46. The van der Waals surface area contributed by atoms with Gasteiger partial charge in [-0.3, -0.25) is 29.4 Å². The lowest BCUT2D eigenvalue weighted by atomic mass is 9.90. The first-order valence-electron chi connectivity index (χ1n) is 22.7. The lowest BCUT2D eigenvalue weighted by Gasteiger charge is -2.41. The van der Waals surface area contributed by atoms with Gasteiger partial charge in [0.05, 0.1) is 22.2 Å². The fraction of sp³-hybridized carbons (Fsp3) is 0.489. The molecule has 2 N–H and O–H groups in total. The van der Waals surface area contributed by atoms with E-state index in [1.54, 1.807) is 17.2 Å². The van der Waals surface area contributed by atoms with E-state index in [0.29, 0.717) is 70.4 Å². The van der Waals surface area contributed by atoms with Crippen molar-refractivity contribution in [3.8, 4) is 0 Å². The minimum absolute atomic E-state index is 0.00382. The third kappa shape index (κ3) is 10.4. The van der Waals surface area contributed by atoms with Crippen LogP contribution in [-0.4, -0.2) is 138 Å². The monoisotopic (exact) mass is 910 g/mol. The highest BCUT2D eigenvalue weighted by molar-refractivity contribution is 7.13. The number of amides is 4. The minimum atomic E-state index is -0.681. The molecule has 14 nitrogen and oxygen atoms in total. The molecule has 4 aromatic rings. The van der Waals surface area contributed by atoms with Crippen LogP contribution in [0.1, 0.15) is 66.1 Å². The van der Waals surface area contributed by atoms with Gasteiger partial charge in [0.15, 0.2) is 10.9 Å². The van der Waals surface area contributed by atoms with Crippen molar-refractivity contribution in [2.45, 2.75) is 51.0 Å². The SMILES string of the molecule is O=C1CC[C@H](c2ccc(N3CCC(CN4CCC(C(=O)N5CCN(c6cc(CN7CCN(C(=O)c8cccc(Cl)c8F)CC7)nc(Nc7nccs7)c6)CC5)CC4)CC3)cc2)C(=O)N1. The predicted octanol–water partition coefficient (Wildman–Crippen LogP) is 5.83. The Balaban J connectivity index is 0.728. The highest BCUT2D eigenvalue weighted by Crippen LogP contribution is 2.31. The average Bonchev–Trinajstić information content (AvgIpc) is 3.83. The van der Waals surface area contributed by atoms with Crippen LogP contribution in [0.5, 0.6) is 0 Å². The largest absolute Gasteiger partial charge is 0.372 e. The molecular formula is C47H56ClFN10O4S. The van der Waals surface area contributed by atoms with Crippen molar-refractivity contribution in [1.82, 2.24) is 34.9 Å². The standard InChI is InChI=1S/C47H56ClFN10O4S/c48-40-3-1-2-39(43(40)49)46(63)59-21-19-55(20-22-59)31-35-28-37(29-41(51-35)52-47-50-14-27-64-47)57-23-25-58(26-24-57)45(62)34-12-15-54(16-13-34)30-32-10-17-56(18-11-32)36-6-4-33(5-7-36)38-8-9-42(60)53-44(38)61/h1-7,14,27-29,32,34,38H,8-13,15-26,30-31H2,(H,50,51,52)(H,53,60,61)/t38-/m1/s1. The fourth-order valence-corrected chi connectivity index (χ4v) is 10.7. The molecule has 2 aromatic heterocycles. The minimum Gasteiger partial charge on any atom is -0.372 e. The van der Waals surface area contributed by atoms with Gasteiger partial charge < -0.3 is 29.8 Å². The van der Waals surface area contributed by atoms with Crippen molar-refractivity contribution in [3.05, 3.63) is 93.8 Å². The molecule has 0 bridgehead atoms. The Hall–Kier alpha value is -5.16. The lowest BCUT2D eigenvalue weighted by Crippen LogP contribution is -2.52. The number of rotatable bonds is 11. The number of pyridine rings is 1. The van der Waals surface area contributed by atoms with Crippen LogP contribution >= 0.6 is 22.9 Å². The Morgan fingerprint density at radius 1 is 0.797 bits per heavy atom. The molecule has 0 aliphatic carbocycles. The number of carbonyl (C=O) groups excluding carboxylic acids is 4. The molecule has 0 saturated carbocycles. The molecule has 5 aliphatic rings. The van der Waals surface area contributed by atoms with Crippen LogP contribution < -0.4 is 20.4 Å². The van der Waals surface area contributed by atoms with Gasteiger partial charge in [0, 0.05) is 120 Å². The van der Waals surface area contributed by atoms with Gasteiger partial charge in [-0.05, 0) is 87.0 Å². The summed E-state index contributed by atoms with van der Waals surface area (Å²) in [5.41, 5.74) is 4.09. The summed E-state index contributed by atoms with van der Waals surface area (Å²) in [6.45, 7) is 10.6. The van der Waals surface area contributed by atoms with Crippen LogP contribution in [0.25, 0.3) is 0 Å². The molecular weight excluding hydrogens is 855 g/mol. The molecule has 338 valence electrons. The fourth-order valence-electron chi connectivity index (χ4n) is 9.95. The number of hydrogen-bond acceptors (Lipinski definition) is 12. The number of imide groups is 1. The first-order chi connectivity index (χ1) is 31.1. The molecule has 64 heavy (non-hydrogen) atoms. The van der Waals surface area contributed by atoms with Crippen LogP contribution in [0.4, 0.5) is 26.7 Å². The van der Waals surface area contributed by atoms with Gasteiger partial charge in [0.1, 0.15) is 5.82 Å². The second kappa shape index (κ2) is 19.9. The number of benzene rings is 2. The van der Waals surface area contributed by atoms with E-state index in [-0.39, 0.29) is 46.1 Å². The molecule has 4 amide bonds. The average molecular weight is 912 g/mol. The third-order valence-corrected chi connectivity index (χ3v) is 14.7. The van der Waals surface area contributed by atoms with E-state index in [1.807, 2.05) is 17.5 Å². The number of likely N-dealkylation sites (tertiary alicyclic amines) is 1. The Labute approximate surface area is 382 Å². The predicted molar refractivity (Wildman–Crippen MR) is 247 cm³/mol. The first-order valence-corrected chi connectivity index (χ1v) is 24.0. The van der Waals surface area contributed by atoms with Crippen molar-refractivity contribution in [2.24, 2.45) is 11.8 Å². The number of anilines is 4. The highest BCUT2D eigenvalue weighted by Gasteiger charge is 2.33. The Morgan fingerprint density at radius 3 is 2.22 bits per heavy atom. The number of thiazole rings is 1. The topological polar surface area (TPSA) is 138 Å². The van der Waals surface area contributed by atoms with Gasteiger partial charge in [-0.25, -0.2) is 14.4 Å². The number of piperazine rings is 2. The van der Waals surface area contributed by atoms with Gasteiger partial charge in [-0.1, -0.05) is 29.8 Å². The number of piperidine rings is 3. The van der Waals surface area contributed by atoms with Crippen molar-refractivity contribution in [2.75, 3.05) is 100 Å². The van der Waals surface area contributed by atoms with E-state index in [0.717, 1.165) is 93.6 Å². The van der Waals surface area contributed by atoms with Gasteiger partial charge in [-0.2, -0.15) is 0 Å². The number of halogens is 2. The third-order valence-electron chi connectivity index (χ3n) is 13.7. The normalized spacial score (nSPS) is 21.0. The van der Waals surface area contributed by atoms with Crippen LogP contribution in [-0.2, 0) is 20.9 Å². The summed E-state index contributed by atoms with van der Waals surface area (Å²) < 4.78 is 14.6. The molecule has 7 heterocycles. The molecule has 2 aromatic carbocycles. The molecule has 5 aliphatic heterocycles. The van der Waals surface area contributed by atoms with E-state index in [1.165, 1.54) is 29.2 Å². The van der Waals surface area contributed by atoms with Gasteiger partial charge in [0.25, 0.3) is 5.91 Å². The number of hydrogen-bond donors (Lipinski definition) is 2. The Kier molecular flexibility index (Phi) is 13.7. The van der Waals surface area contributed by atoms with Crippen LogP contribution in [0, 0.1) is 17.7 Å². The van der Waals surface area contributed by atoms with Crippen LogP contribution in [0.2, 0.25) is 5.02 Å². The van der Waals surface area contributed by atoms with Gasteiger partial charge >= 0.3 is 0 Å². The summed E-state index contributed by atoms with van der Waals surface area (Å²) in [6.07, 6.45) is 6.77. The number of nitrogens with zero attached hydrogens (tertiary/aromatic N) is 8.